The van der Waals surface area contributed by atoms with Gasteiger partial charge in [-0.3, -0.25) is 4.79 Å². The molecule has 0 fully saturated rings. The molecule has 1 heterocycles. The predicted octanol–water partition coefficient (Wildman–Crippen LogP) is 3.42. The molecule has 0 saturated heterocycles. The quantitative estimate of drug-likeness (QED) is 0.339. The molecule has 1 atom stereocenters. The van der Waals surface area contributed by atoms with Gasteiger partial charge in [-0.2, -0.15) is 0 Å². The summed E-state index contributed by atoms with van der Waals surface area (Å²) in [6, 6.07) is 6.34. The molecular formula is C14H12Br2O4. The molecule has 0 aliphatic carbocycles. The number of rotatable bonds is 4. The van der Waals surface area contributed by atoms with Gasteiger partial charge in [-0.25, -0.2) is 4.79 Å². The number of esters is 1. The maximum atomic E-state index is 11.3. The number of fused-ring (bicyclic) bond motifs is 1. The third-order valence-corrected chi connectivity index (χ3v) is 5.02. The lowest BCUT2D eigenvalue weighted by atomic mass is 10.0. The molecule has 106 valence electrons. The number of benzene rings is 1. The predicted molar refractivity (Wildman–Crippen MR) is 84.0 cm³/mol. The van der Waals surface area contributed by atoms with Crippen LogP contribution in [0.1, 0.15) is 12.5 Å². The van der Waals surface area contributed by atoms with E-state index in [1.807, 2.05) is 0 Å². The van der Waals surface area contributed by atoms with Gasteiger partial charge in [0.05, 0.1) is 0 Å². The summed E-state index contributed by atoms with van der Waals surface area (Å²) in [6.07, 6.45) is 0.638. The van der Waals surface area contributed by atoms with Gasteiger partial charge in [0.25, 0.3) is 0 Å². The van der Waals surface area contributed by atoms with Crippen molar-refractivity contribution in [1.82, 2.24) is 0 Å². The summed E-state index contributed by atoms with van der Waals surface area (Å²) in [6.45, 7) is 1.36. The maximum Gasteiger partial charge on any atom is 0.336 e. The normalized spacial score (nSPS) is 12.3. The number of halogens is 2. The molecule has 1 aromatic heterocycles. The van der Waals surface area contributed by atoms with Crippen molar-refractivity contribution in [2.24, 2.45) is 0 Å². The third kappa shape index (κ3) is 3.49. The van der Waals surface area contributed by atoms with Gasteiger partial charge in [-0.05, 0) is 24.6 Å². The van der Waals surface area contributed by atoms with E-state index in [4.69, 9.17) is 9.15 Å². The number of carbonyl (C=O) groups is 1. The minimum Gasteiger partial charge on any atom is -0.426 e. The Balaban J connectivity index is 2.60. The highest BCUT2D eigenvalue weighted by molar-refractivity contribution is 9.12. The lowest BCUT2D eigenvalue weighted by Crippen LogP contribution is -2.10. The van der Waals surface area contributed by atoms with E-state index in [0.29, 0.717) is 17.8 Å². The van der Waals surface area contributed by atoms with Crippen molar-refractivity contribution < 1.29 is 13.9 Å². The molecular weight excluding hydrogens is 392 g/mol. The van der Waals surface area contributed by atoms with Crippen molar-refractivity contribution in [3.63, 3.8) is 0 Å². The highest BCUT2D eigenvalue weighted by Gasteiger charge is 2.15. The summed E-state index contributed by atoms with van der Waals surface area (Å²) in [5.74, 6) is 0.109. The summed E-state index contributed by atoms with van der Waals surface area (Å²) < 4.78 is 10.4. The summed E-state index contributed by atoms with van der Waals surface area (Å²) in [4.78, 5) is 22.6. The second-order valence-electron chi connectivity index (χ2n) is 4.26. The Hall–Kier alpha value is -1.14. The smallest absolute Gasteiger partial charge is 0.336 e. The van der Waals surface area contributed by atoms with Gasteiger partial charge in [-0.1, -0.05) is 31.9 Å². The van der Waals surface area contributed by atoms with Crippen LogP contribution in [0, 0.1) is 0 Å². The fraction of sp³-hybridized carbons (Fsp3) is 0.286. The Labute approximate surface area is 132 Å². The van der Waals surface area contributed by atoms with Crippen molar-refractivity contribution in [2.45, 2.75) is 18.2 Å². The van der Waals surface area contributed by atoms with Crippen LogP contribution in [0.3, 0.4) is 0 Å². The first kappa shape index (κ1) is 15.3. The molecule has 0 radical (unpaired) electrons. The lowest BCUT2D eigenvalue weighted by molar-refractivity contribution is -0.131. The van der Waals surface area contributed by atoms with Crippen molar-refractivity contribution in [2.75, 3.05) is 5.33 Å². The monoisotopic (exact) mass is 402 g/mol. The van der Waals surface area contributed by atoms with Crippen molar-refractivity contribution in [1.29, 1.82) is 0 Å². The van der Waals surface area contributed by atoms with Crippen LogP contribution in [-0.4, -0.2) is 16.1 Å². The maximum absolute atomic E-state index is 11.3. The average molecular weight is 404 g/mol. The van der Waals surface area contributed by atoms with E-state index in [1.165, 1.54) is 13.0 Å². The van der Waals surface area contributed by atoms with E-state index in [0.717, 1.165) is 16.3 Å². The Bertz CT molecular complexity index is 693. The molecule has 2 rings (SSSR count). The number of alkyl halides is 2. The van der Waals surface area contributed by atoms with Crippen LogP contribution in [0.5, 0.6) is 5.75 Å². The first-order chi connectivity index (χ1) is 9.51. The zero-order chi connectivity index (χ0) is 14.7. The molecule has 0 saturated carbocycles. The number of hydrogen-bond acceptors (Lipinski definition) is 4. The van der Waals surface area contributed by atoms with E-state index < -0.39 is 5.63 Å². The molecule has 4 nitrogen and oxygen atoms in total. The molecule has 6 heteroatoms. The van der Waals surface area contributed by atoms with Crippen molar-refractivity contribution in [3.8, 4) is 5.75 Å². The van der Waals surface area contributed by atoms with E-state index in [2.05, 4.69) is 31.9 Å². The van der Waals surface area contributed by atoms with Crippen LogP contribution in [-0.2, 0) is 11.2 Å². The molecule has 0 aliphatic heterocycles. The molecule has 0 N–H and O–H groups in total. The summed E-state index contributed by atoms with van der Waals surface area (Å²) >= 11 is 6.93. The zero-order valence-electron chi connectivity index (χ0n) is 10.7. The summed E-state index contributed by atoms with van der Waals surface area (Å²) in [7, 11) is 0. The Kier molecular flexibility index (Phi) is 4.99. The van der Waals surface area contributed by atoms with Crippen molar-refractivity contribution in [3.05, 3.63) is 40.2 Å². The van der Waals surface area contributed by atoms with Gasteiger partial charge in [0.15, 0.2) is 0 Å². The van der Waals surface area contributed by atoms with E-state index in [-0.39, 0.29) is 10.8 Å². The van der Waals surface area contributed by atoms with Gasteiger partial charge in [0.2, 0.25) is 0 Å². The molecule has 0 bridgehead atoms. The molecule has 0 spiro atoms. The largest absolute Gasteiger partial charge is 0.426 e. The average Bonchev–Trinajstić information content (AvgIpc) is 2.40. The summed E-state index contributed by atoms with van der Waals surface area (Å²) in [5, 5.41) is 1.52. The standard InChI is InChI=1S/C14H12Br2O4/c1-8(17)19-13-4-3-12-10(2-5-14(18)20-12)11(13)6-9(16)7-15/h2-5,9H,6-7H2,1H3. The van der Waals surface area contributed by atoms with Gasteiger partial charge >= 0.3 is 11.6 Å². The fourth-order valence-corrected chi connectivity index (χ4v) is 2.48. The highest BCUT2D eigenvalue weighted by atomic mass is 79.9. The second-order valence-corrected chi connectivity index (χ2v) is 6.20. The second kappa shape index (κ2) is 6.54. The molecule has 1 unspecified atom stereocenters. The highest BCUT2D eigenvalue weighted by Crippen LogP contribution is 2.30. The van der Waals surface area contributed by atoms with Gasteiger partial charge in [0, 0.05) is 34.1 Å². The molecule has 20 heavy (non-hydrogen) atoms. The minimum atomic E-state index is -0.403. The van der Waals surface area contributed by atoms with Gasteiger partial charge in [-0.15, -0.1) is 0 Å². The van der Waals surface area contributed by atoms with Crippen LogP contribution >= 0.6 is 31.9 Å². The number of hydrogen-bond donors (Lipinski definition) is 0. The number of carbonyl (C=O) groups excluding carboxylic acids is 1. The van der Waals surface area contributed by atoms with Crippen LogP contribution in [0.15, 0.2) is 33.5 Å². The van der Waals surface area contributed by atoms with E-state index in [1.54, 1.807) is 18.2 Å². The fourth-order valence-electron chi connectivity index (χ4n) is 1.93. The Morgan fingerprint density at radius 1 is 1.35 bits per heavy atom. The Morgan fingerprint density at radius 3 is 2.75 bits per heavy atom. The first-order valence-electron chi connectivity index (χ1n) is 5.95. The topological polar surface area (TPSA) is 56.5 Å². The molecule has 0 amide bonds. The SMILES string of the molecule is CC(=O)Oc1ccc2oc(=O)ccc2c1CC(Br)CBr. The molecule has 0 aliphatic rings. The molecule has 2 aromatic rings. The van der Waals surface area contributed by atoms with E-state index in [9.17, 15) is 9.59 Å². The van der Waals surface area contributed by atoms with Crippen LogP contribution < -0.4 is 10.4 Å². The van der Waals surface area contributed by atoms with Crippen molar-refractivity contribution >= 4 is 48.8 Å². The van der Waals surface area contributed by atoms with E-state index >= 15 is 0 Å². The zero-order valence-corrected chi connectivity index (χ0v) is 13.9. The number of ether oxygens (including phenoxy) is 1. The lowest BCUT2D eigenvalue weighted by Gasteiger charge is -2.13. The van der Waals surface area contributed by atoms with Crippen LogP contribution in [0.25, 0.3) is 11.0 Å². The third-order valence-electron chi connectivity index (χ3n) is 2.72. The van der Waals surface area contributed by atoms with Crippen LogP contribution in [0.4, 0.5) is 0 Å². The van der Waals surface area contributed by atoms with Crippen LogP contribution in [0.2, 0.25) is 0 Å². The van der Waals surface area contributed by atoms with Gasteiger partial charge in [0.1, 0.15) is 11.3 Å². The Morgan fingerprint density at radius 2 is 2.10 bits per heavy atom. The van der Waals surface area contributed by atoms with Gasteiger partial charge < -0.3 is 9.15 Å². The first-order valence-corrected chi connectivity index (χ1v) is 7.99. The molecule has 1 aromatic carbocycles. The summed E-state index contributed by atoms with van der Waals surface area (Å²) in [5.41, 5.74) is 0.917. The minimum absolute atomic E-state index is 0.175.